The van der Waals surface area contributed by atoms with Crippen molar-refractivity contribution in [3.05, 3.63) is 16.1 Å². The zero-order valence-electron chi connectivity index (χ0n) is 11.6. The van der Waals surface area contributed by atoms with E-state index in [0.717, 1.165) is 17.5 Å². The van der Waals surface area contributed by atoms with Crippen LogP contribution in [0, 0.1) is 12.8 Å². The number of nitrogens with zero attached hydrogens (tertiary/aromatic N) is 1. The van der Waals surface area contributed by atoms with Crippen molar-refractivity contribution in [3.63, 3.8) is 0 Å². The minimum Gasteiger partial charge on any atom is -0.309 e. The lowest BCUT2D eigenvalue weighted by molar-refractivity contribution is 0.396. The molecule has 1 aromatic rings. The second kappa shape index (κ2) is 7.83. The molecule has 17 heavy (non-hydrogen) atoms. The fourth-order valence-corrected chi connectivity index (χ4v) is 2.68. The quantitative estimate of drug-likeness (QED) is 0.747. The summed E-state index contributed by atoms with van der Waals surface area (Å²) >= 11 is 1.74. The first-order valence-electron chi connectivity index (χ1n) is 6.82. The molecule has 0 saturated carbocycles. The first-order chi connectivity index (χ1) is 8.17. The second-order valence-electron chi connectivity index (χ2n) is 4.84. The third-order valence-corrected chi connectivity index (χ3v) is 4.13. The summed E-state index contributed by atoms with van der Waals surface area (Å²) in [6, 6.07) is 0.385. The zero-order chi connectivity index (χ0) is 12.7. The molecule has 0 spiro atoms. The van der Waals surface area contributed by atoms with Crippen LogP contribution in [-0.4, -0.2) is 11.5 Å². The van der Waals surface area contributed by atoms with E-state index >= 15 is 0 Å². The van der Waals surface area contributed by atoms with Gasteiger partial charge in [-0.1, -0.05) is 33.1 Å². The van der Waals surface area contributed by atoms with Crippen molar-refractivity contribution in [1.29, 1.82) is 0 Å². The van der Waals surface area contributed by atoms with Gasteiger partial charge in [-0.2, -0.15) is 0 Å². The van der Waals surface area contributed by atoms with Crippen LogP contribution in [0.1, 0.15) is 63.2 Å². The van der Waals surface area contributed by atoms with E-state index in [0.29, 0.717) is 6.04 Å². The van der Waals surface area contributed by atoms with E-state index in [-0.39, 0.29) is 0 Å². The number of rotatable bonds is 8. The summed E-state index contributed by atoms with van der Waals surface area (Å²) in [5.74, 6) is 0.817. The summed E-state index contributed by atoms with van der Waals surface area (Å²) in [6.45, 7) is 9.95. The lowest BCUT2D eigenvalue weighted by atomic mass is 9.99. The van der Waals surface area contributed by atoms with Crippen LogP contribution in [0.4, 0.5) is 0 Å². The Labute approximate surface area is 110 Å². The Morgan fingerprint density at radius 3 is 2.71 bits per heavy atom. The molecule has 0 fully saturated rings. The molecule has 0 amide bonds. The van der Waals surface area contributed by atoms with Gasteiger partial charge in [0.15, 0.2) is 0 Å². The molecular weight excluding hydrogens is 228 g/mol. The normalized spacial score (nSPS) is 14.8. The summed E-state index contributed by atoms with van der Waals surface area (Å²) in [5.41, 5.74) is 1.19. The van der Waals surface area contributed by atoms with Gasteiger partial charge < -0.3 is 5.32 Å². The van der Waals surface area contributed by atoms with Gasteiger partial charge >= 0.3 is 0 Å². The van der Waals surface area contributed by atoms with Gasteiger partial charge in [-0.05, 0) is 32.7 Å². The van der Waals surface area contributed by atoms with Gasteiger partial charge in [0.25, 0.3) is 0 Å². The fraction of sp³-hybridized carbons (Fsp3) is 0.786. The van der Waals surface area contributed by atoms with Crippen LogP contribution in [0.15, 0.2) is 5.38 Å². The third kappa shape index (κ3) is 5.17. The van der Waals surface area contributed by atoms with E-state index in [1.807, 2.05) is 0 Å². The highest BCUT2D eigenvalue weighted by molar-refractivity contribution is 7.09. The summed E-state index contributed by atoms with van der Waals surface area (Å²) in [4.78, 5) is 4.53. The highest BCUT2D eigenvalue weighted by atomic mass is 32.1. The van der Waals surface area contributed by atoms with Crippen molar-refractivity contribution in [2.24, 2.45) is 5.92 Å². The molecule has 0 aliphatic rings. The highest BCUT2D eigenvalue weighted by Gasteiger charge is 2.11. The van der Waals surface area contributed by atoms with Crippen molar-refractivity contribution in [3.8, 4) is 0 Å². The number of thiazole rings is 1. The van der Waals surface area contributed by atoms with E-state index in [2.05, 4.69) is 43.4 Å². The summed E-state index contributed by atoms with van der Waals surface area (Å²) in [5, 5.41) is 6.94. The van der Waals surface area contributed by atoms with E-state index in [1.54, 1.807) is 11.3 Å². The molecule has 1 rings (SSSR count). The Kier molecular flexibility index (Phi) is 6.75. The van der Waals surface area contributed by atoms with E-state index in [4.69, 9.17) is 0 Å². The topological polar surface area (TPSA) is 24.9 Å². The van der Waals surface area contributed by atoms with Gasteiger partial charge in [-0.25, -0.2) is 4.98 Å². The van der Waals surface area contributed by atoms with Crippen molar-refractivity contribution >= 4 is 11.3 Å². The minimum absolute atomic E-state index is 0.385. The molecular formula is C14H26N2S. The molecule has 0 aliphatic heterocycles. The van der Waals surface area contributed by atoms with E-state index in [1.165, 1.54) is 31.4 Å². The Morgan fingerprint density at radius 1 is 1.41 bits per heavy atom. The number of hydrogen-bond donors (Lipinski definition) is 1. The van der Waals surface area contributed by atoms with Crippen molar-refractivity contribution in [2.75, 3.05) is 6.54 Å². The standard InChI is InChI=1S/C14H26N2S/c1-5-7-8-13(6-2)9-15-11(3)14-10-17-12(4)16-14/h10-11,13,15H,5-9H2,1-4H3. The number of unbranched alkanes of at least 4 members (excludes halogenated alkanes) is 1. The maximum absolute atomic E-state index is 4.53. The SMILES string of the molecule is CCCCC(CC)CNC(C)c1csc(C)n1. The molecule has 2 nitrogen and oxygen atoms in total. The van der Waals surface area contributed by atoms with Crippen LogP contribution in [0.25, 0.3) is 0 Å². The predicted molar refractivity (Wildman–Crippen MR) is 76.6 cm³/mol. The largest absolute Gasteiger partial charge is 0.309 e. The van der Waals surface area contributed by atoms with Gasteiger partial charge in [0.05, 0.1) is 10.7 Å². The molecule has 1 N–H and O–H groups in total. The Hall–Kier alpha value is -0.410. The second-order valence-corrected chi connectivity index (χ2v) is 5.90. The lowest BCUT2D eigenvalue weighted by Gasteiger charge is -2.18. The van der Waals surface area contributed by atoms with Gasteiger partial charge in [-0.3, -0.25) is 0 Å². The molecule has 1 aromatic heterocycles. The molecule has 0 bridgehead atoms. The maximum atomic E-state index is 4.53. The summed E-state index contributed by atoms with van der Waals surface area (Å²) < 4.78 is 0. The van der Waals surface area contributed by atoms with Gasteiger partial charge in [0.2, 0.25) is 0 Å². The van der Waals surface area contributed by atoms with Crippen LogP contribution in [0.3, 0.4) is 0 Å². The average Bonchev–Trinajstić information content (AvgIpc) is 2.76. The highest BCUT2D eigenvalue weighted by Crippen LogP contribution is 2.17. The van der Waals surface area contributed by atoms with Crippen LogP contribution < -0.4 is 5.32 Å². The molecule has 0 saturated heterocycles. The Balaban J connectivity index is 2.33. The lowest BCUT2D eigenvalue weighted by Crippen LogP contribution is -2.25. The van der Waals surface area contributed by atoms with Gasteiger partial charge in [-0.15, -0.1) is 11.3 Å². The van der Waals surface area contributed by atoms with Crippen molar-refractivity contribution in [1.82, 2.24) is 10.3 Å². The number of aryl methyl sites for hydroxylation is 1. The average molecular weight is 254 g/mol. The Morgan fingerprint density at radius 2 is 2.18 bits per heavy atom. The van der Waals surface area contributed by atoms with Gasteiger partial charge in [0.1, 0.15) is 0 Å². The van der Waals surface area contributed by atoms with Crippen molar-refractivity contribution in [2.45, 2.75) is 59.4 Å². The molecule has 3 heteroatoms. The molecule has 1 heterocycles. The molecule has 0 radical (unpaired) electrons. The molecule has 2 unspecified atom stereocenters. The van der Waals surface area contributed by atoms with Crippen LogP contribution in [-0.2, 0) is 0 Å². The van der Waals surface area contributed by atoms with Crippen LogP contribution in [0.2, 0.25) is 0 Å². The van der Waals surface area contributed by atoms with Crippen molar-refractivity contribution < 1.29 is 0 Å². The van der Waals surface area contributed by atoms with Crippen LogP contribution in [0.5, 0.6) is 0 Å². The fourth-order valence-electron chi connectivity index (χ4n) is 1.97. The molecule has 2 atom stereocenters. The summed E-state index contributed by atoms with van der Waals surface area (Å²) in [7, 11) is 0. The first kappa shape index (κ1) is 14.7. The Bertz CT molecular complexity index is 309. The number of hydrogen-bond acceptors (Lipinski definition) is 3. The first-order valence-corrected chi connectivity index (χ1v) is 7.70. The molecule has 98 valence electrons. The maximum Gasteiger partial charge on any atom is 0.0898 e. The zero-order valence-corrected chi connectivity index (χ0v) is 12.4. The predicted octanol–water partition coefficient (Wildman–Crippen LogP) is 4.32. The smallest absolute Gasteiger partial charge is 0.0898 e. The van der Waals surface area contributed by atoms with Gasteiger partial charge in [0, 0.05) is 11.4 Å². The minimum atomic E-state index is 0.385. The van der Waals surface area contributed by atoms with E-state index < -0.39 is 0 Å². The molecule has 0 aliphatic carbocycles. The monoisotopic (exact) mass is 254 g/mol. The number of aromatic nitrogens is 1. The van der Waals surface area contributed by atoms with Crippen LogP contribution >= 0.6 is 11.3 Å². The summed E-state index contributed by atoms with van der Waals surface area (Å²) in [6.07, 6.45) is 5.28. The number of nitrogens with one attached hydrogen (secondary N) is 1. The molecule has 0 aromatic carbocycles. The third-order valence-electron chi connectivity index (χ3n) is 3.34. The van der Waals surface area contributed by atoms with E-state index in [9.17, 15) is 0 Å².